The summed E-state index contributed by atoms with van der Waals surface area (Å²) in [5.41, 5.74) is 2.25. The Balaban J connectivity index is 2.32. The van der Waals surface area contributed by atoms with Gasteiger partial charge in [-0.2, -0.15) is 0 Å². The van der Waals surface area contributed by atoms with Crippen molar-refractivity contribution >= 4 is 32.8 Å². The van der Waals surface area contributed by atoms with Crippen LogP contribution in [0.4, 0.5) is 0 Å². The number of nitrogens with one attached hydrogen (secondary N) is 1. The molecule has 3 nitrogen and oxygen atoms in total. The molecule has 1 aromatic heterocycles. The van der Waals surface area contributed by atoms with E-state index in [1.165, 1.54) is 5.56 Å². The predicted octanol–water partition coefficient (Wildman–Crippen LogP) is 3.90. The first kappa shape index (κ1) is 12.2. The summed E-state index contributed by atoms with van der Waals surface area (Å²) in [7, 11) is 0. The zero-order chi connectivity index (χ0) is 12.4. The molecule has 0 amide bonds. The molecule has 0 saturated carbocycles. The smallest absolute Gasteiger partial charge is 0.303 e. The second-order valence-electron chi connectivity index (χ2n) is 4.24. The summed E-state index contributed by atoms with van der Waals surface area (Å²) in [4.78, 5) is 13.8. The molecule has 2 aromatic rings. The van der Waals surface area contributed by atoms with Crippen LogP contribution in [-0.2, 0) is 4.79 Å². The number of hydrogen-bond acceptors (Lipinski definition) is 1. The van der Waals surface area contributed by atoms with Crippen molar-refractivity contribution in [1.29, 1.82) is 0 Å². The largest absolute Gasteiger partial charge is 0.481 e. The number of carbonyl (C=O) groups is 1. The summed E-state index contributed by atoms with van der Waals surface area (Å²) in [5.74, 6) is -0.505. The van der Waals surface area contributed by atoms with Crippen LogP contribution in [0.3, 0.4) is 0 Å². The van der Waals surface area contributed by atoms with E-state index in [2.05, 4.69) is 27.8 Å². The molecule has 0 spiro atoms. The lowest BCUT2D eigenvalue weighted by molar-refractivity contribution is -0.137. The molecular formula is C13H14BrNO2. The molecule has 0 saturated heterocycles. The van der Waals surface area contributed by atoms with E-state index >= 15 is 0 Å². The Morgan fingerprint density at radius 1 is 1.53 bits per heavy atom. The van der Waals surface area contributed by atoms with Crippen LogP contribution in [0.5, 0.6) is 0 Å². The summed E-state index contributed by atoms with van der Waals surface area (Å²) in [5, 5.41) is 9.87. The normalized spacial score (nSPS) is 12.8. The van der Waals surface area contributed by atoms with E-state index in [-0.39, 0.29) is 12.3 Å². The van der Waals surface area contributed by atoms with Crippen LogP contribution in [0.25, 0.3) is 10.9 Å². The van der Waals surface area contributed by atoms with E-state index in [9.17, 15) is 4.79 Å². The van der Waals surface area contributed by atoms with Gasteiger partial charge in [-0.3, -0.25) is 4.79 Å². The van der Waals surface area contributed by atoms with E-state index in [1.54, 1.807) is 0 Å². The van der Waals surface area contributed by atoms with Gasteiger partial charge in [0.05, 0.1) is 0 Å². The Bertz CT molecular complexity index is 547. The van der Waals surface area contributed by atoms with E-state index < -0.39 is 5.97 Å². The molecule has 2 N–H and O–H groups in total. The van der Waals surface area contributed by atoms with Gasteiger partial charge in [0.1, 0.15) is 0 Å². The molecule has 0 aliphatic heterocycles. The van der Waals surface area contributed by atoms with Crippen molar-refractivity contribution in [3.05, 3.63) is 34.4 Å². The minimum absolute atomic E-state index is 0.207. The Morgan fingerprint density at radius 3 is 3.00 bits per heavy atom. The molecule has 1 atom stereocenters. The molecule has 0 bridgehead atoms. The summed E-state index contributed by atoms with van der Waals surface area (Å²) >= 11 is 3.54. The van der Waals surface area contributed by atoms with Crippen LogP contribution in [0, 0.1) is 0 Å². The number of halogens is 1. The zero-order valence-electron chi connectivity index (χ0n) is 9.53. The lowest BCUT2D eigenvalue weighted by atomic mass is 9.96. The summed E-state index contributed by atoms with van der Waals surface area (Å²) in [6.07, 6.45) is 2.84. The van der Waals surface area contributed by atoms with Crippen LogP contribution in [0.15, 0.2) is 28.9 Å². The lowest BCUT2D eigenvalue weighted by Gasteiger charge is -2.09. The van der Waals surface area contributed by atoms with Crippen molar-refractivity contribution in [2.75, 3.05) is 0 Å². The van der Waals surface area contributed by atoms with Gasteiger partial charge in [0.15, 0.2) is 0 Å². The van der Waals surface area contributed by atoms with Crippen molar-refractivity contribution in [2.45, 2.75) is 25.7 Å². The van der Waals surface area contributed by atoms with Crippen LogP contribution in [-0.4, -0.2) is 16.1 Å². The number of carboxylic acids is 1. The molecule has 90 valence electrons. The zero-order valence-corrected chi connectivity index (χ0v) is 11.1. The SMILES string of the molecule is CC(CCC(=O)O)c1c[nH]c2cccc(Br)c12. The van der Waals surface area contributed by atoms with Gasteiger partial charge in [0.2, 0.25) is 0 Å². The van der Waals surface area contributed by atoms with E-state index in [4.69, 9.17) is 5.11 Å². The van der Waals surface area contributed by atoms with Crippen LogP contribution in [0.1, 0.15) is 31.2 Å². The second-order valence-corrected chi connectivity index (χ2v) is 5.09. The highest BCUT2D eigenvalue weighted by Crippen LogP contribution is 2.33. The number of aromatic nitrogens is 1. The van der Waals surface area contributed by atoms with E-state index in [0.29, 0.717) is 6.42 Å². The number of hydrogen-bond donors (Lipinski definition) is 2. The fourth-order valence-corrected chi connectivity index (χ4v) is 2.64. The fraction of sp³-hybridized carbons (Fsp3) is 0.308. The highest BCUT2D eigenvalue weighted by molar-refractivity contribution is 9.10. The number of rotatable bonds is 4. The molecule has 2 rings (SSSR count). The van der Waals surface area contributed by atoms with Gasteiger partial charge in [0, 0.05) is 28.0 Å². The van der Waals surface area contributed by atoms with Crippen molar-refractivity contribution < 1.29 is 9.90 Å². The third-order valence-electron chi connectivity index (χ3n) is 3.01. The Labute approximate surface area is 108 Å². The molecule has 0 aliphatic carbocycles. The van der Waals surface area contributed by atoms with Gasteiger partial charge >= 0.3 is 5.97 Å². The van der Waals surface area contributed by atoms with Crippen molar-refractivity contribution in [1.82, 2.24) is 4.98 Å². The number of benzene rings is 1. The summed E-state index contributed by atoms with van der Waals surface area (Å²) < 4.78 is 1.05. The van der Waals surface area contributed by atoms with Gasteiger partial charge in [0.25, 0.3) is 0 Å². The average molecular weight is 296 g/mol. The lowest BCUT2D eigenvalue weighted by Crippen LogP contribution is -1.99. The number of carboxylic acid groups (broad SMARTS) is 1. The number of H-pyrrole nitrogens is 1. The maximum Gasteiger partial charge on any atom is 0.303 e. The summed E-state index contributed by atoms with van der Waals surface area (Å²) in [6, 6.07) is 6.01. The molecule has 0 aliphatic rings. The van der Waals surface area contributed by atoms with Gasteiger partial charge in [-0.05, 0) is 30.0 Å². The quantitative estimate of drug-likeness (QED) is 0.899. The first-order valence-corrected chi connectivity index (χ1v) is 6.36. The van der Waals surface area contributed by atoms with Crippen LogP contribution >= 0.6 is 15.9 Å². The topological polar surface area (TPSA) is 53.1 Å². The standard InChI is InChI=1S/C13H14BrNO2/c1-8(5-6-12(16)17)9-7-15-11-4-2-3-10(14)13(9)11/h2-4,7-8,15H,5-6H2,1H3,(H,16,17). The molecular weight excluding hydrogens is 282 g/mol. The molecule has 17 heavy (non-hydrogen) atoms. The number of aromatic amines is 1. The molecule has 0 fully saturated rings. The molecule has 0 radical (unpaired) electrons. The minimum Gasteiger partial charge on any atom is -0.481 e. The molecule has 1 unspecified atom stereocenters. The first-order valence-electron chi connectivity index (χ1n) is 5.57. The van der Waals surface area contributed by atoms with E-state index in [0.717, 1.165) is 15.4 Å². The molecule has 1 heterocycles. The average Bonchev–Trinajstić information content (AvgIpc) is 2.71. The minimum atomic E-state index is -0.740. The van der Waals surface area contributed by atoms with Gasteiger partial charge in [-0.1, -0.05) is 28.9 Å². The highest BCUT2D eigenvalue weighted by atomic mass is 79.9. The third kappa shape index (κ3) is 2.52. The Hall–Kier alpha value is -1.29. The fourth-order valence-electron chi connectivity index (χ4n) is 2.05. The van der Waals surface area contributed by atoms with Crippen molar-refractivity contribution in [3.8, 4) is 0 Å². The third-order valence-corrected chi connectivity index (χ3v) is 3.67. The Morgan fingerprint density at radius 2 is 2.29 bits per heavy atom. The molecule has 4 heteroatoms. The van der Waals surface area contributed by atoms with Gasteiger partial charge in [-0.25, -0.2) is 0 Å². The summed E-state index contributed by atoms with van der Waals surface area (Å²) in [6.45, 7) is 2.06. The first-order chi connectivity index (χ1) is 8.09. The number of fused-ring (bicyclic) bond motifs is 1. The van der Waals surface area contributed by atoms with E-state index in [1.807, 2.05) is 24.4 Å². The van der Waals surface area contributed by atoms with Crippen LogP contribution < -0.4 is 0 Å². The maximum absolute atomic E-state index is 10.6. The highest BCUT2D eigenvalue weighted by Gasteiger charge is 2.14. The number of aliphatic carboxylic acids is 1. The maximum atomic E-state index is 10.6. The second kappa shape index (κ2) is 4.92. The molecule has 1 aromatic carbocycles. The van der Waals surface area contributed by atoms with Crippen molar-refractivity contribution in [3.63, 3.8) is 0 Å². The predicted molar refractivity (Wildman–Crippen MR) is 71.3 cm³/mol. The monoisotopic (exact) mass is 295 g/mol. The van der Waals surface area contributed by atoms with Gasteiger partial charge in [-0.15, -0.1) is 0 Å². The Kier molecular flexibility index (Phi) is 3.52. The van der Waals surface area contributed by atoms with Crippen molar-refractivity contribution in [2.24, 2.45) is 0 Å². The van der Waals surface area contributed by atoms with Crippen LogP contribution in [0.2, 0.25) is 0 Å². The van der Waals surface area contributed by atoms with Gasteiger partial charge < -0.3 is 10.1 Å².